The lowest BCUT2D eigenvalue weighted by Gasteiger charge is -2.40. The van der Waals surface area contributed by atoms with E-state index in [1.54, 1.807) is 0 Å². The van der Waals surface area contributed by atoms with E-state index >= 15 is 0 Å². The van der Waals surface area contributed by atoms with Crippen LogP contribution in [0.25, 0.3) is 0 Å². The smallest absolute Gasteiger partial charge is 0.243 e. The van der Waals surface area contributed by atoms with Crippen LogP contribution in [0.2, 0.25) is 0 Å². The average Bonchev–Trinajstić information content (AvgIpc) is 2.40. The van der Waals surface area contributed by atoms with Crippen molar-refractivity contribution in [2.75, 3.05) is 13.1 Å². The van der Waals surface area contributed by atoms with Crippen molar-refractivity contribution >= 4 is 5.91 Å². The molecule has 0 aromatic heterocycles. The first kappa shape index (κ1) is 12.6. The van der Waals surface area contributed by atoms with E-state index in [4.69, 9.17) is 0 Å². The molecule has 2 fully saturated rings. The first-order valence-electron chi connectivity index (χ1n) is 6.96. The molecule has 1 aliphatic heterocycles. The van der Waals surface area contributed by atoms with Crippen LogP contribution in [0, 0.1) is 0 Å². The molecule has 1 saturated heterocycles. The van der Waals surface area contributed by atoms with E-state index < -0.39 is 0 Å². The number of carbonyl (C=O) groups excluding carboxylic acids is 1. The summed E-state index contributed by atoms with van der Waals surface area (Å²) in [5.41, 5.74) is 0. The third kappa shape index (κ3) is 3.56. The summed E-state index contributed by atoms with van der Waals surface area (Å²) >= 11 is 0. The lowest BCUT2D eigenvalue weighted by atomic mass is 9.92. The molecule has 17 heavy (non-hydrogen) atoms. The monoisotopic (exact) mass is 236 g/mol. The Labute approximate surface area is 104 Å². The Morgan fingerprint density at radius 2 is 1.94 bits per heavy atom. The van der Waals surface area contributed by atoms with E-state index in [0.29, 0.717) is 6.04 Å². The van der Waals surface area contributed by atoms with Crippen molar-refractivity contribution in [2.24, 2.45) is 0 Å². The van der Waals surface area contributed by atoms with Gasteiger partial charge in [-0.2, -0.15) is 0 Å². The van der Waals surface area contributed by atoms with Crippen molar-refractivity contribution in [1.29, 1.82) is 0 Å². The van der Waals surface area contributed by atoms with Gasteiger partial charge in [0.2, 0.25) is 5.91 Å². The molecule has 1 heterocycles. The number of hydrogen-bond donors (Lipinski definition) is 1. The number of nitrogens with zero attached hydrogens (tertiary/aromatic N) is 1. The molecule has 1 unspecified atom stereocenters. The number of carbonyl (C=O) groups is 1. The summed E-state index contributed by atoms with van der Waals surface area (Å²) in [4.78, 5) is 13.9. The van der Waals surface area contributed by atoms with Gasteiger partial charge in [-0.1, -0.05) is 25.8 Å². The van der Waals surface area contributed by atoms with Gasteiger partial charge in [-0.15, -0.1) is 0 Å². The molecule has 3 heteroatoms. The number of piperidine rings is 1. The molecule has 2 rings (SSSR count). The van der Waals surface area contributed by atoms with Gasteiger partial charge in [0.15, 0.2) is 0 Å². The predicted molar refractivity (Wildman–Crippen MR) is 69.8 cm³/mol. The molecule has 2 aliphatic rings. The minimum atomic E-state index is -0.0273. The number of rotatable bonds is 3. The standard InChI is InChI=1S/C14H24N2O/c1-2-14(17)15-12-7-6-10-16(11-12)13-8-4-3-5-9-13/h2,12-13H,1,3-11H2,(H,15,17). The summed E-state index contributed by atoms with van der Waals surface area (Å²) in [6, 6.07) is 1.10. The van der Waals surface area contributed by atoms with E-state index in [1.807, 2.05) is 0 Å². The van der Waals surface area contributed by atoms with Crippen molar-refractivity contribution in [3.8, 4) is 0 Å². The topological polar surface area (TPSA) is 32.3 Å². The van der Waals surface area contributed by atoms with Crippen LogP contribution in [0.15, 0.2) is 12.7 Å². The van der Waals surface area contributed by atoms with Crippen LogP contribution in [0.4, 0.5) is 0 Å². The zero-order valence-corrected chi connectivity index (χ0v) is 10.7. The van der Waals surface area contributed by atoms with Gasteiger partial charge >= 0.3 is 0 Å². The Bertz CT molecular complexity index is 271. The van der Waals surface area contributed by atoms with Gasteiger partial charge in [-0.05, 0) is 38.3 Å². The molecule has 1 aliphatic carbocycles. The first-order chi connectivity index (χ1) is 8.29. The van der Waals surface area contributed by atoms with E-state index in [2.05, 4.69) is 16.8 Å². The van der Waals surface area contributed by atoms with Gasteiger partial charge in [0.1, 0.15) is 0 Å². The molecule has 0 aromatic rings. The molecule has 1 amide bonds. The van der Waals surface area contributed by atoms with Crippen LogP contribution in [-0.4, -0.2) is 36.0 Å². The quantitative estimate of drug-likeness (QED) is 0.761. The largest absolute Gasteiger partial charge is 0.349 e. The maximum absolute atomic E-state index is 11.3. The zero-order chi connectivity index (χ0) is 12.1. The lowest BCUT2D eigenvalue weighted by Crippen LogP contribution is -2.51. The third-order valence-corrected chi connectivity index (χ3v) is 4.08. The van der Waals surface area contributed by atoms with Gasteiger partial charge in [0.25, 0.3) is 0 Å². The van der Waals surface area contributed by atoms with Crippen LogP contribution in [0.1, 0.15) is 44.9 Å². The highest BCUT2D eigenvalue weighted by molar-refractivity contribution is 5.87. The second-order valence-corrected chi connectivity index (χ2v) is 5.34. The van der Waals surface area contributed by atoms with E-state index in [1.165, 1.54) is 51.1 Å². The molecule has 3 nitrogen and oxygen atoms in total. The maximum Gasteiger partial charge on any atom is 0.243 e. The van der Waals surface area contributed by atoms with Gasteiger partial charge in [0, 0.05) is 18.6 Å². The van der Waals surface area contributed by atoms with E-state index in [-0.39, 0.29) is 5.91 Å². The van der Waals surface area contributed by atoms with Gasteiger partial charge in [-0.25, -0.2) is 0 Å². The SMILES string of the molecule is C=CC(=O)NC1CCCN(C2CCCCC2)C1. The van der Waals surface area contributed by atoms with Crippen LogP contribution in [0.5, 0.6) is 0 Å². The summed E-state index contributed by atoms with van der Waals surface area (Å²) in [6.07, 6.45) is 10.6. The van der Waals surface area contributed by atoms with Crippen molar-refractivity contribution in [3.05, 3.63) is 12.7 Å². The Kier molecular flexibility index (Phi) is 4.60. The minimum absolute atomic E-state index is 0.0273. The Morgan fingerprint density at radius 3 is 2.65 bits per heavy atom. The van der Waals surface area contributed by atoms with Crippen LogP contribution >= 0.6 is 0 Å². The molecular weight excluding hydrogens is 212 g/mol. The van der Waals surface area contributed by atoms with Crippen LogP contribution in [-0.2, 0) is 4.79 Å². The molecule has 96 valence electrons. The first-order valence-corrected chi connectivity index (χ1v) is 6.96. The molecule has 1 atom stereocenters. The van der Waals surface area contributed by atoms with Crippen molar-refractivity contribution in [3.63, 3.8) is 0 Å². The Balaban J connectivity index is 1.83. The van der Waals surface area contributed by atoms with Crippen molar-refractivity contribution in [2.45, 2.75) is 57.0 Å². The summed E-state index contributed by atoms with van der Waals surface area (Å²) in [7, 11) is 0. The third-order valence-electron chi connectivity index (χ3n) is 4.08. The molecule has 0 spiro atoms. The zero-order valence-electron chi connectivity index (χ0n) is 10.7. The highest BCUT2D eigenvalue weighted by atomic mass is 16.1. The van der Waals surface area contributed by atoms with E-state index in [9.17, 15) is 4.79 Å². The van der Waals surface area contributed by atoms with E-state index in [0.717, 1.165) is 19.0 Å². The van der Waals surface area contributed by atoms with Gasteiger partial charge < -0.3 is 5.32 Å². The fourth-order valence-corrected chi connectivity index (χ4v) is 3.16. The Hall–Kier alpha value is -0.830. The number of likely N-dealkylation sites (tertiary alicyclic amines) is 1. The molecule has 1 N–H and O–H groups in total. The molecular formula is C14H24N2O. The second-order valence-electron chi connectivity index (χ2n) is 5.34. The normalized spacial score (nSPS) is 27.6. The number of amides is 1. The molecule has 0 aromatic carbocycles. The fraction of sp³-hybridized carbons (Fsp3) is 0.786. The van der Waals surface area contributed by atoms with Crippen LogP contribution < -0.4 is 5.32 Å². The number of hydrogen-bond acceptors (Lipinski definition) is 2. The van der Waals surface area contributed by atoms with Crippen molar-refractivity contribution < 1.29 is 4.79 Å². The summed E-state index contributed by atoms with van der Waals surface area (Å²) in [5, 5.41) is 3.04. The summed E-state index contributed by atoms with van der Waals surface area (Å²) in [6.45, 7) is 5.75. The minimum Gasteiger partial charge on any atom is -0.349 e. The molecule has 0 radical (unpaired) electrons. The van der Waals surface area contributed by atoms with Gasteiger partial charge in [0.05, 0.1) is 0 Å². The predicted octanol–water partition coefficient (Wildman–Crippen LogP) is 2.09. The van der Waals surface area contributed by atoms with Crippen molar-refractivity contribution in [1.82, 2.24) is 10.2 Å². The lowest BCUT2D eigenvalue weighted by molar-refractivity contribution is -0.117. The maximum atomic E-state index is 11.3. The molecule has 1 saturated carbocycles. The fourth-order valence-electron chi connectivity index (χ4n) is 3.16. The summed E-state index contributed by atoms with van der Waals surface area (Å²) < 4.78 is 0. The Morgan fingerprint density at radius 1 is 1.18 bits per heavy atom. The van der Waals surface area contributed by atoms with Crippen LogP contribution in [0.3, 0.4) is 0 Å². The second kappa shape index (κ2) is 6.20. The highest BCUT2D eigenvalue weighted by Gasteiger charge is 2.27. The summed E-state index contributed by atoms with van der Waals surface area (Å²) in [5.74, 6) is -0.0273. The van der Waals surface area contributed by atoms with Gasteiger partial charge in [-0.3, -0.25) is 9.69 Å². The highest BCUT2D eigenvalue weighted by Crippen LogP contribution is 2.25. The molecule has 0 bridgehead atoms. The number of nitrogens with one attached hydrogen (secondary N) is 1. The average molecular weight is 236 g/mol.